The van der Waals surface area contributed by atoms with Crippen molar-refractivity contribution in [1.29, 1.82) is 0 Å². The summed E-state index contributed by atoms with van der Waals surface area (Å²) in [6.07, 6.45) is 7.83. The number of rotatable bonds is 6. The summed E-state index contributed by atoms with van der Waals surface area (Å²) in [6.45, 7) is 3.85. The summed E-state index contributed by atoms with van der Waals surface area (Å²) in [4.78, 5) is 21.9. The number of hydrogen-bond donors (Lipinski definition) is 0. The number of piperazine rings is 1. The van der Waals surface area contributed by atoms with E-state index in [2.05, 4.69) is 34.2 Å². The molecule has 1 aliphatic heterocycles. The first kappa shape index (κ1) is 21.3. The Kier molecular flexibility index (Phi) is 6.84. The van der Waals surface area contributed by atoms with E-state index in [1.54, 1.807) is 22.9 Å². The summed E-state index contributed by atoms with van der Waals surface area (Å²) in [5.74, 6) is -0.350. The maximum absolute atomic E-state index is 13.4. The molecule has 0 aliphatic carbocycles. The van der Waals surface area contributed by atoms with E-state index in [4.69, 9.17) is 0 Å². The molecule has 3 aromatic rings. The number of carbonyl (C=O) groups is 1. The molecule has 1 saturated heterocycles. The highest BCUT2D eigenvalue weighted by Gasteiger charge is 2.26. The van der Waals surface area contributed by atoms with Gasteiger partial charge in [-0.3, -0.25) is 14.3 Å². The Balaban J connectivity index is 1.40. The van der Waals surface area contributed by atoms with E-state index in [-0.39, 0.29) is 11.7 Å². The first-order valence-corrected chi connectivity index (χ1v) is 11.5. The summed E-state index contributed by atoms with van der Waals surface area (Å²) >= 11 is 1.46. The fourth-order valence-corrected chi connectivity index (χ4v) is 4.21. The zero-order valence-corrected chi connectivity index (χ0v) is 18.3. The van der Waals surface area contributed by atoms with Gasteiger partial charge in [-0.05, 0) is 36.1 Å². The van der Waals surface area contributed by atoms with Crippen molar-refractivity contribution in [2.75, 3.05) is 39.0 Å². The molecule has 7 heteroatoms. The molecular weight excluding hydrogens is 411 g/mol. The lowest BCUT2D eigenvalue weighted by atomic mass is 10.2. The molecule has 2 aromatic carbocycles. The van der Waals surface area contributed by atoms with Gasteiger partial charge in [-0.15, -0.1) is 0 Å². The molecular formula is C24H25FN4OS. The maximum atomic E-state index is 13.4. The van der Waals surface area contributed by atoms with Crippen LogP contribution in [0.5, 0.6) is 0 Å². The van der Waals surface area contributed by atoms with Crippen molar-refractivity contribution in [2.45, 2.75) is 5.16 Å². The predicted molar refractivity (Wildman–Crippen MR) is 123 cm³/mol. The third kappa shape index (κ3) is 5.06. The van der Waals surface area contributed by atoms with E-state index in [1.165, 1.54) is 29.5 Å². The molecule has 0 radical (unpaired) electrons. The molecule has 0 atom stereocenters. The van der Waals surface area contributed by atoms with Crippen molar-refractivity contribution in [3.05, 3.63) is 83.9 Å². The van der Waals surface area contributed by atoms with Crippen LogP contribution < -0.4 is 0 Å². The second kappa shape index (κ2) is 9.94. The van der Waals surface area contributed by atoms with Gasteiger partial charge in [-0.1, -0.05) is 54.2 Å². The maximum Gasteiger partial charge on any atom is 0.272 e. The van der Waals surface area contributed by atoms with Gasteiger partial charge in [0, 0.05) is 38.4 Å². The SMILES string of the molecule is CSc1ncc(C(=O)N2CCN(C/C=C/c3ccccc3)CC2)n1-c1ccc(F)cc1. The molecule has 0 saturated carbocycles. The summed E-state index contributed by atoms with van der Waals surface area (Å²) in [5, 5.41) is 0.708. The fourth-order valence-electron chi connectivity index (χ4n) is 3.67. The number of imidazole rings is 1. The normalized spacial score (nSPS) is 15.0. The van der Waals surface area contributed by atoms with Crippen LogP contribution in [0.25, 0.3) is 11.8 Å². The monoisotopic (exact) mass is 436 g/mol. The minimum absolute atomic E-state index is 0.0448. The topological polar surface area (TPSA) is 41.4 Å². The van der Waals surface area contributed by atoms with Crippen molar-refractivity contribution in [3.8, 4) is 5.69 Å². The minimum atomic E-state index is -0.306. The molecule has 0 unspecified atom stereocenters. The van der Waals surface area contributed by atoms with Gasteiger partial charge < -0.3 is 4.90 Å². The van der Waals surface area contributed by atoms with Crippen LogP contribution in [-0.4, -0.2) is 64.2 Å². The largest absolute Gasteiger partial charge is 0.335 e. The average molecular weight is 437 g/mol. The van der Waals surface area contributed by atoms with Gasteiger partial charge in [0.2, 0.25) is 0 Å². The third-order valence-corrected chi connectivity index (χ3v) is 6.00. The number of halogens is 1. The van der Waals surface area contributed by atoms with Crippen molar-refractivity contribution in [3.63, 3.8) is 0 Å². The van der Waals surface area contributed by atoms with Gasteiger partial charge in [0.25, 0.3) is 5.91 Å². The summed E-state index contributed by atoms with van der Waals surface area (Å²) in [6, 6.07) is 16.4. The van der Waals surface area contributed by atoms with Gasteiger partial charge in [-0.25, -0.2) is 9.37 Å². The van der Waals surface area contributed by atoms with Crippen molar-refractivity contribution < 1.29 is 9.18 Å². The van der Waals surface area contributed by atoms with Crippen LogP contribution in [0.1, 0.15) is 16.1 Å². The number of thioether (sulfide) groups is 1. The van der Waals surface area contributed by atoms with Crippen LogP contribution in [0.3, 0.4) is 0 Å². The molecule has 4 rings (SSSR count). The Bertz CT molecular complexity index is 1040. The van der Waals surface area contributed by atoms with E-state index in [9.17, 15) is 9.18 Å². The van der Waals surface area contributed by atoms with Crippen LogP contribution in [0, 0.1) is 5.82 Å². The van der Waals surface area contributed by atoms with Crippen LogP contribution >= 0.6 is 11.8 Å². The van der Waals surface area contributed by atoms with E-state index < -0.39 is 0 Å². The summed E-state index contributed by atoms with van der Waals surface area (Å²) in [5.41, 5.74) is 2.43. The van der Waals surface area contributed by atoms with Crippen molar-refractivity contribution >= 4 is 23.7 Å². The number of benzene rings is 2. The van der Waals surface area contributed by atoms with Crippen molar-refractivity contribution in [1.82, 2.24) is 19.4 Å². The van der Waals surface area contributed by atoms with E-state index in [0.717, 1.165) is 25.3 Å². The molecule has 0 spiro atoms. The number of aromatic nitrogens is 2. The van der Waals surface area contributed by atoms with E-state index >= 15 is 0 Å². The van der Waals surface area contributed by atoms with Crippen molar-refractivity contribution in [2.24, 2.45) is 0 Å². The standard InChI is InChI=1S/C24H25FN4OS/c1-31-24-26-18-22(29(24)21-11-9-20(25)10-12-21)23(30)28-16-14-27(15-17-28)13-5-8-19-6-3-2-4-7-19/h2-12,18H,13-17H2,1H3/b8-5+. The Labute approximate surface area is 186 Å². The number of nitrogens with zero attached hydrogens (tertiary/aromatic N) is 4. The molecule has 1 aromatic heterocycles. The Morgan fingerprint density at radius 3 is 2.45 bits per heavy atom. The van der Waals surface area contributed by atoms with Gasteiger partial charge in [0.05, 0.1) is 6.20 Å². The van der Waals surface area contributed by atoms with Gasteiger partial charge in [-0.2, -0.15) is 0 Å². The zero-order valence-electron chi connectivity index (χ0n) is 17.4. The van der Waals surface area contributed by atoms with Crippen LogP contribution in [0.2, 0.25) is 0 Å². The molecule has 1 aliphatic rings. The second-order valence-electron chi connectivity index (χ2n) is 7.35. The average Bonchev–Trinajstić information content (AvgIpc) is 3.24. The highest BCUT2D eigenvalue weighted by Crippen LogP contribution is 2.23. The Hall–Kier alpha value is -2.90. The van der Waals surface area contributed by atoms with Crippen LogP contribution in [-0.2, 0) is 0 Å². The van der Waals surface area contributed by atoms with E-state index in [1.807, 2.05) is 29.4 Å². The lowest BCUT2D eigenvalue weighted by Crippen LogP contribution is -2.49. The fraction of sp³-hybridized carbons (Fsp3) is 0.250. The molecule has 0 bridgehead atoms. The Morgan fingerprint density at radius 1 is 1.06 bits per heavy atom. The molecule has 1 fully saturated rings. The lowest BCUT2D eigenvalue weighted by Gasteiger charge is -2.34. The van der Waals surface area contributed by atoms with Gasteiger partial charge in [0.15, 0.2) is 5.16 Å². The molecule has 5 nitrogen and oxygen atoms in total. The highest BCUT2D eigenvalue weighted by atomic mass is 32.2. The minimum Gasteiger partial charge on any atom is -0.335 e. The van der Waals surface area contributed by atoms with Gasteiger partial charge >= 0.3 is 0 Å². The summed E-state index contributed by atoms with van der Waals surface area (Å²) < 4.78 is 15.2. The third-order valence-electron chi connectivity index (χ3n) is 5.35. The molecule has 160 valence electrons. The second-order valence-corrected chi connectivity index (χ2v) is 8.12. The molecule has 1 amide bonds. The molecule has 0 N–H and O–H groups in total. The smallest absolute Gasteiger partial charge is 0.272 e. The van der Waals surface area contributed by atoms with E-state index in [0.29, 0.717) is 23.9 Å². The Morgan fingerprint density at radius 2 is 1.77 bits per heavy atom. The number of hydrogen-bond acceptors (Lipinski definition) is 4. The summed E-state index contributed by atoms with van der Waals surface area (Å²) in [7, 11) is 0. The highest BCUT2D eigenvalue weighted by molar-refractivity contribution is 7.98. The predicted octanol–water partition coefficient (Wildman–Crippen LogP) is 4.20. The van der Waals surface area contributed by atoms with Crippen LogP contribution in [0.15, 0.2) is 72.0 Å². The van der Waals surface area contributed by atoms with Gasteiger partial charge in [0.1, 0.15) is 11.5 Å². The zero-order chi connectivity index (χ0) is 21.6. The first-order chi connectivity index (χ1) is 15.2. The number of carbonyl (C=O) groups excluding carboxylic acids is 1. The molecule has 2 heterocycles. The van der Waals surface area contributed by atoms with Crippen LogP contribution in [0.4, 0.5) is 4.39 Å². The number of amides is 1. The quantitative estimate of drug-likeness (QED) is 0.543. The molecule has 31 heavy (non-hydrogen) atoms. The lowest BCUT2D eigenvalue weighted by molar-refractivity contribution is 0.0641. The first-order valence-electron chi connectivity index (χ1n) is 10.3.